The van der Waals surface area contributed by atoms with Crippen LogP contribution in [0.5, 0.6) is 0 Å². The first-order valence-corrected chi connectivity index (χ1v) is 9.00. The van der Waals surface area contributed by atoms with E-state index < -0.39 is 5.41 Å². The van der Waals surface area contributed by atoms with Gasteiger partial charge in [0.25, 0.3) is 0 Å². The molecule has 0 aliphatic carbocycles. The first-order chi connectivity index (χ1) is 12.0. The van der Waals surface area contributed by atoms with Gasteiger partial charge in [-0.1, -0.05) is 18.2 Å². The molecule has 2 saturated heterocycles. The van der Waals surface area contributed by atoms with Gasteiger partial charge in [0, 0.05) is 36.3 Å². The van der Waals surface area contributed by atoms with Crippen LogP contribution in [0, 0.1) is 11.8 Å². The molecule has 1 aromatic rings. The Morgan fingerprint density at radius 2 is 2.16 bits per heavy atom. The number of Topliss-reactive ketones (excluding diaryl/α,β-unsaturated/α-hetero) is 1. The van der Waals surface area contributed by atoms with Crippen LogP contribution in [0.2, 0.25) is 0 Å². The number of nitrogens with one attached hydrogen (secondary N) is 1. The van der Waals surface area contributed by atoms with Gasteiger partial charge in [-0.3, -0.25) is 9.59 Å². The number of ether oxygens (including phenoxy) is 1. The fourth-order valence-corrected chi connectivity index (χ4v) is 5.67. The van der Waals surface area contributed by atoms with Crippen molar-refractivity contribution in [2.24, 2.45) is 11.8 Å². The van der Waals surface area contributed by atoms with Gasteiger partial charge >= 0.3 is 0 Å². The molecule has 1 unspecified atom stereocenters. The van der Waals surface area contributed by atoms with Crippen LogP contribution in [-0.4, -0.2) is 37.4 Å². The summed E-state index contributed by atoms with van der Waals surface area (Å²) in [5.41, 5.74) is 2.44. The summed E-state index contributed by atoms with van der Waals surface area (Å²) in [7, 11) is 1.87. The molecule has 4 aliphatic heterocycles. The summed E-state index contributed by atoms with van der Waals surface area (Å²) in [6.45, 7) is 2.23. The third-order valence-corrected chi connectivity index (χ3v) is 6.81. The fourth-order valence-electron chi connectivity index (χ4n) is 5.67. The molecule has 1 N–H and O–H groups in total. The Kier molecular flexibility index (Phi) is 2.99. The zero-order chi connectivity index (χ0) is 17.3. The van der Waals surface area contributed by atoms with Crippen LogP contribution >= 0.6 is 0 Å². The highest BCUT2D eigenvalue weighted by atomic mass is 16.5. The number of anilines is 1. The molecule has 0 aromatic heterocycles. The van der Waals surface area contributed by atoms with Crippen LogP contribution in [0.15, 0.2) is 36.1 Å². The van der Waals surface area contributed by atoms with Crippen molar-refractivity contribution in [1.29, 1.82) is 0 Å². The Bertz CT molecular complexity index is 817. The maximum atomic E-state index is 13.3. The third-order valence-electron chi connectivity index (χ3n) is 6.81. The van der Waals surface area contributed by atoms with Gasteiger partial charge in [-0.05, 0) is 37.3 Å². The van der Waals surface area contributed by atoms with Crippen molar-refractivity contribution in [2.45, 2.75) is 37.3 Å². The number of likely N-dealkylation sites (N-methyl/N-ethyl adjacent to an activating group) is 1. The van der Waals surface area contributed by atoms with E-state index >= 15 is 0 Å². The zero-order valence-corrected chi connectivity index (χ0v) is 14.5. The maximum absolute atomic E-state index is 13.3. The number of rotatable bonds is 1. The summed E-state index contributed by atoms with van der Waals surface area (Å²) in [6, 6.07) is 8.41. The van der Waals surface area contributed by atoms with Crippen LogP contribution < -0.4 is 10.2 Å². The Balaban J connectivity index is 1.61. The summed E-state index contributed by atoms with van der Waals surface area (Å²) >= 11 is 0. The van der Waals surface area contributed by atoms with Crippen molar-refractivity contribution in [3.63, 3.8) is 0 Å². The number of allylic oxidation sites excluding steroid dienone is 1. The highest BCUT2D eigenvalue weighted by molar-refractivity contribution is 6.08. The second kappa shape index (κ2) is 4.94. The second-order valence-electron chi connectivity index (χ2n) is 7.85. The summed E-state index contributed by atoms with van der Waals surface area (Å²) in [5.74, 6) is 0.708. The standard InChI is InChI=1S/C20H22N2O3/c1-11(23)13-9-25-10-14-12(13)7-18-20(8-16(14)21-18)15-5-3-4-6-17(15)22(2)19(20)24/h3-6,9,12,14,16,18,21H,7-8,10H2,1-2H3/t12-,14+,16?,18+,20-/m0/s1. The molecule has 1 spiro atoms. The van der Waals surface area contributed by atoms with Crippen LogP contribution in [0.3, 0.4) is 0 Å². The largest absolute Gasteiger partial charge is 0.500 e. The van der Waals surface area contributed by atoms with Crippen LogP contribution in [0.4, 0.5) is 5.69 Å². The molecule has 0 radical (unpaired) electrons. The molecule has 4 aliphatic rings. The molecule has 1 amide bonds. The Labute approximate surface area is 147 Å². The first kappa shape index (κ1) is 15.1. The van der Waals surface area contributed by atoms with Crippen molar-refractivity contribution in [3.05, 3.63) is 41.7 Å². The van der Waals surface area contributed by atoms with Gasteiger partial charge in [0.2, 0.25) is 5.91 Å². The molecule has 5 heteroatoms. The molecular weight excluding hydrogens is 316 g/mol. The van der Waals surface area contributed by atoms with Crippen molar-refractivity contribution >= 4 is 17.4 Å². The molecule has 1 aromatic carbocycles. The van der Waals surface area contributed by atoms with Gasteiger partial charge in [-0.2, -0.15) is 0 Å². The highest BCUT2D eigenvalue weighted by Crippen LogP contribution is 2.55. The van der Waals surface area contributed by atoms with Gasteiger partial charge < -0.3 is 15.0 Å². The first-order valence-electron chi connectivity index (χ1n) is 9.00. The molecule has 130 valence electrons. The van der Waals surface area contributed by atoms with E-state index in [0.717, 1.165) is 29.7 Å². The number of para-hydroxylation sites is 1. The molecular formula is C20H22N2O3. The fraction of sp³-hybridized carbons (Fsp3) is 0.500. The third kappa shape index (κ3) is 1.77. The topological polar surface area (TPSA) is 58.6 Å². The van der Waals surface area contributed by atoms with E-state index in [9.17, 15) is 9.59 Å². The van der Waals surface area contributed by atoms with E-state index in [1.807, 2.05) is 25.2 Å². The molecule has 2 fully saturated rings. The van der Waals surface area contributed by atoms with E-state index in [1.165, 1.54) is 0 Å². The van der Waals surface area contributed by atoms with Crippen molar-refractivity contribution in [2.75, 3.05) is 18.6 Å². The monoisotopic (exact) mass is 338 g/mol. The van der Waals surface area contributed by atoms with Crippen molar-refractivity contribution in [1.82, 2.24) is 5.32 Å². The van der Waals surface area contributed by atoms with Crippen LogP contribution in [0.1, 0.15) is 25.3 Å². The van der Waals surface area contributed by atoms with Gasteiger partial charge in [0.05, 0.1) is 18.3 Å². The maximum Gasteiger partial charge on any atom is 0.239 e. The normalized spacial score (nSPS) is 38.2. The minimum atomic E-state index is -0.505. The minimum absolute atomic E-state index is 0.0678. The van der Waals surface area contributed by atoms with E-state index in [0.29, 0.717) is 6.61 Å². The summed E-state index contributed by atoms with van der Waals surface area (Å²) in [6.07, 6.45) is 3.24. The number of fused-ring (bicyclic) bond motifs is 7. The van der Waals surface area contributed by atoms with Gasteiger partial charge in [-0.25, -0.2) is 0 Å². The summed E-state index contributed by atoms with van der Waals surface area (Å²) in [5, 5.41) is 3.71. The predicted molar refractivity (Wildman–Crippen MR) is 93.2 cm³/mol. The van der Waals surface area contributed by atoms with Crippen LogP contribution in [0.25, 0.3) is 0 Å². The zero-order valence-electron chi connectivity index (χ0n) is 14.5. The minimum Gasteiger partial charge on any atom is -0.500 e. The van der Waals surface area contributed by atoms with E-state index in [2.05, 4.69) is 11.4 Å². The molecule has 25 heavy (non-hydrogen) atoms. The Morgan fingerprint density at radius 1 is 1.36 bits per heavy atom. The molecule has 5 atom stereocenters. The lowest BCUT2D eigenvalue weighted by molar-refractivity contribution is -0.123. The highest BCUT2D eigenvalue weighted by Gasteiger charge is 2.63. The predicted octanol–water partition coefficient (Wildman–Crippen LogP) is 1.77. The van der Waals surface area contributed by atoms with Gasteiger partial charge in [-0.15, -0.1) is 0 Å². The summed E-state index contributed by atoms with van der Waals surface area (Å²) < 4.78 is 5.61. The molecule has 2 bridgehead atoms. The quantitative estimate of drug-likeness (QED) is 0.848. The number of ketones is 1. The van der Waals surface area contributed by atoms with E-state index in [-0.39, 0.29) is 35.6 Å². The number of carbonyl (C=O) groups is 2. The number of benzene rings is 1. The van der Waals surface area contributed by atoms with Crippen molar-refractivity contribution in [3.8, 4) is 0 Å². The number of carbonyl (C=O) groups excluding carboxylic acids is 2. The number of hydrogen-bond acceptors (Lipinski definition) is 4. The summed E-state index contributed by atoms with van der Waals surface area (Å²) in [4.78, 5) is 27.2. The molecule has 0 saturated carbocycles. The van der Waals surface area contributed by atoms with Crippen molar-refractivity contribution < 1.29 is 14.3 Å². The lowest BCUT2D eigenvalue weighted by Gasteiger charge is -2.41. The number of hydrogen-bond donors (Lipinski definition) is 1. The molecule has 5 rings (SSSR count). The second-order valence-corrected chi connectivity index (χ2v) is 7.85. The number of amides is 1. The Morgan fingerprint density at radius 3 is 2.96 bits per heavy atom. The Hall–Kier alpha value is -2.14. The molecule has 4 heterocycles. The van der Waals surface area contributed by atoms with Gasteiger partial charge in [0.15, 0.2) is 5.78 Å². The lowest BCUT2D eigenvalue weighted by atomic mass is 9.72. The average Bonchev–Trinajstić information content (AvgIpc) is 3.04. The number of nitrogens with zero attached hydrogens (tertiary/aromatic N) is 1. The lowest BCUT2D eigenvalue weighted by Crippen LogP contribution is -2.53. The van der Waals surface area contributed by atoms with E-state index in [4.69, 9.17) is 4.74 Å². The van der Waals surface area contributed by atoms with Gasteiger partial charge in [0.1, 0.15) is 0 Å². The average molecular weight is 338 g/mol. The van der Waals surface area contributed by atoms with E-state index in [1.54, 1.807) is 18.1 Å². The SMILES string of the molecule is CC(=O)C1=COC[C@H]2C3C[C@@]4(C(=O)N(C)c5ccccc54)[C@@H](C[C@@H]12)N3. The molecule has 5 nitrogen and oxygen atoms in total. The number of piperidine rings is 1. The smallest absolute Gasteiger partial charge is 0.239 e. The van der Waals surface area contributed by atoms with Crippen LogP contribution in [-0.2, 0) is 19.7 Å².